The lowest BCUT2D eigenvalue weighted by Crippen LogP contribution is -2.29. The summed E-state index contributed by atoms with van der Waals surface area (Å²) in [6.07, 6.45) is 1.85. The third-order valence-corrected chi connectivity index (χ3v) is 3.29. The molecular formula is C13H15N5O. The van der Waals surface area contributed by atoms with Crippen LogP contribution < -0.4 is 10.2 Å². The Kier molecular flexibility index (Phi) is 2.70. The second-order valence-electron chi connectivity index (χ2n) is 4.78. The Morgan fingerprint density at radius 3 is 2.74 bits per heavy atom. The number of nitrogens with zero attached hydrogens (tertiary/aromatic N) is 4. The van der Waals surface area contributed by atoms with Crippen molar-refractivity contribution in [2.45, 2.75) is 12.5 Å². The molecule has 19 heavy (non-hydrogen) atoms. The monoisotopic (exact) mass is 257 g/mol. The van der Waals surface area contributed by atoms with Crippen LogP contribution in [0.3, 0.4) is 0 Å². The molecule has 1 aliphatic rings. The van der Waals surface area contributed by atoms with Crippen LogP contribution in [0.15, 0.2) is 30.6 Å². The minimum atomic E-state index is -0.0811. The maximum absolute atomic E-state index is 11.7. The molecule has 1 aromatic carbocycles. The summed E-state index contributed by atoms with van der Waals surface area (Å²) in [7, 11) is 4.00. The summed E-state index contributed by atoms with van der Waals surface area (Å²) in [5.41, 5.74) is 2.19. The molecule has 0 saturated carbocycles. The second-order valence-corrected chi connectivity index (χ2v) is 4.78. The first-order chi connectivity index (χ1) is 9.15. The fourth-order valence-electron chi connectivity index (χ4n) is 2.26. The van der Waals surface area contributed by atoms with E-state index in [-0.39, 0.29) is 11.9 Å². The van der Waals surface area contributed by atoms with E-state index in [1.54, 1.807) is 4.68 Å². The van der Waals surface area contributed by atoms with Gasteiger partial charge in [0, 0.05) is 19.8 Å². The maximum Gasteiger partial charge on any atom is 0.229 e. The molecule has 0 bridgehead atoms. The molecule has 2 heterocycles. The van der Waals surface area contributed by atoms with E-state index in [1.165, 1.54) is 6.33 Å². The largest absolute Gasteiger partial charge is 0.378 e. The lowest BCUT2D eigenvalue weighted by atomic mass is 10.0. The fourth-order valence-corrected chi connectivity index (χ4v) is 2.26. The van der Waals surface area contributed by atoms with E-state index in [9.17, 15) is 4.79 Å². The molecule has 1 N–H and O–H groups in total. The number of benzene rings is 1. The van der Waals surface area contributed by atoms with Gasteiger partial charge >= 0.3 is 0 Å². The molecule has 6 heteroatoms. The molecule has 0 spiro atoms. The number of fused-ring (bicyclic) bond motifs is 1. The number of carbonyl (C=O) groups excluding carboxylic acids is 1. The first kappa shape index (κ1) is 11.7. The summed E-state index contributed by atoms with van der Waals surface area (Å²) in [5.74, 6) is 0.486. The quantitative estimate of drug-likeness (QED) is 0.880. The zero-order valence-corrected chi connectivity index (χ0v) is 10.9. The number of amides is 1. The minimum absolute atomic E-state index is 0.0258. The highest BCUT2D eigenvalue weighted by molar-refractivity contribution is 5.91. The van der Waals surface area contributed by atoms with Crippen molar-refractivity contribution >= 4 is 17.5 Å². The van der Waals surface area contributed by atoms with E-state index in [1.807, 2.05) is 43.3 Å². The number of carbonyl (C=O) groups is 1. The Hall–Kier alpha value is -2.37. The van der Waals surface area contributed by atoms with Gasteiger partial charge in [-0.05, 0) is 17.7 Å². The Bertz CT molecular complexity index is 602. The standard InChI is InChI=1S/C13H15N5O/c1-17(2)10-5-3-9(4-6-10)11-7-12(19)16-13-14-8-15-18(11)13/h3-6,8,11H,7H2,1-2H3,(H,14,15,16,19)/t11-/m1/s1. The van der Waals surface area contributed by atoms with Crippen molar-refractivity contribution in [1.82, 2.24) is 14.8 Å². The number of nitrogens with one attached hydrogen (secondary N) is 1. The molecule has 0 aliphatic carbocycles. The minimum Gasteiger partial charge on any atom is -0.378 e. The molecule has 1 aromatic heterocycles. The van der Waals surface area contributed by atoms with Gasteiger partial charge in [0.15, 0.2) is 0 Å². The van der Waals surface area contributed by atoms with Crippen LogP contribution in [0, 0.1) is 0 Å². The summed E-state index contributed by atoms with van der Waals surface area (Å²) in [6, 6.07) is 8.06. The Morgan fingerprint density at radius 1 is 1.32 bits per heavy atom. The van der Waals surface area contributed by atoms with Crippen molar-refractivity contribution in [3.05, 3.63) is 36.2 Å². The predicted molar refractivity (Wildman–Crippen MR) is 72.2 cm³/mol. The third kappa shape index (κ3) is 2.05. The van der Waals surface area contributed by atoms with E-state index in [0.29, 0.717) is 12.4 Å². The summed E-state index contributed by atoms with van der Waals surface area (Å²) in [5, 5.41) is 6.90. The number of rotatable bonds is 2. The van der Waals surface area contributed by atoms with Gasteiger partial charge in [0.05, 0.1) is 12.5 Å². The van der Waals surface area contributed by atoms with Gasteiger partial charge < -0.3 is 4.90 Å². The van der Waals surface area contributed by atoms with Crippen LogP contribution in [-0.2, 0) is 4.79 Å². The molecule has 6 nitrogen and oxygen atoms in total. The summed E-state index contributed by atoms with van der Waals surface area (Å²) >= 11 is 0. The summed E-state index contributed by atoms with van der Waals surface area (Å²) < 4.78 is 1.76. The number of hydrogen-bond acceptors (Lipinski definition) is 4. The molecule has 0 saturated heterocycles. The van der Waals surface area contributed by atoms with E-state index in [0.717, 1.165) is 11.3 Å². The van der Waals surface area contributed by atoms with Crippen LogP contribution in [0.25, 0.3) is 0 Å². The van der Waals surface area contributed by atoms with Crippen molar-refractivity contribution in [3.63, 3.8) is 0 Å². The van der Waals surface area contributed by atoms with Gasteiger partial charge in [-0.1, -0.05) is 12.1 Å². The van der Waals surface area contributed by atoms with E-state index in [4.69, 9.17) is 0 Å². The van der Waals surface area contributed by atoms with Crippen LogP contribution in [0.5, 0.6) is 0 Å². The van der Waals surface area contributed by atoms with Gasteiger partial charge in [-0.15, -0.1) is 0 Å². The average Bonchev–Trinajstić information content (AvgIpc) is 2.85. The first-order valence-corrected chi connectivity index (χ1v) is 6.12. The molecule has 1 aliphatic heterocycles. The zero-order chi connectivity index (χ0) is 13.4. The molecule has 1 amide bonds. The van der Waals surface area contributed by atoms with Crippen molar-refractivity contribution in [2.75, 3.05) is 24.3 Å². The third-order valence-electron chi connectivity index (χ3n) is 3.29. The van der Waals surface area contributed by atoms with Gasteiger partial charge in [-0.3, -0.25) is 10.1 Å². The molecule has 0 unspecified atom stereocenters. The maximum atomic E-state index is 11.7. The normalized spacial score (nSPS) is 17.8. The van der Waals surface area contributed by atoms with Crippen molar-refractivity contribution in [3.8, 4) is 0 Å². The van der Waals surface area contributed by atoms with Crippen LogP contribution in [-0.4, -0.2) is 34.8 Å². The summed E-state index contributed by atoms with van der Waals surface area (Å²) in [6.45, 7) is 0. The Balaban J connectivity index is 1.96. The molecule has 3 rings (SSSR count). The van der Waals surface area contributed by atoms with E-state index in [2.05, 4.69) is 15.4 Å². The fraction of sp³-hybridized carbons (Fsp3) is 0.308. The Morgan fingerprint density at radius 2 is 2.05 bits per heavy atom. The smallest absolute Gasteiger partial charge is 0.229 e. The van der Waals surface area contributed by atoms with Crippen LogP contribution >= 0.6 is 0 Å². The molecular weight excluding hydrogens is 242 g/mol. The van der Waals surface area contributed by atoms with Crippen molar-refractivity contribution in [2.24, 2.45) is 0 Å². The van der Waals surface area contributed by atoms with Crippen LogP contribution in [0.4, 0.5) is 11.6 Å². The molecule has 98 valence electrons. The molecule has 0 radical (unpaired) electrons. The molecule has 2 aromatic rings. The SMILES string of the molecule is CN(C)c1ccc([C@H]2CC(=O)Nc3ncnn32)cc1. The number of anilines is 2. The highest BCUT2D eigenvalue weighted by Gasteiger charge is 2.27. The average molecular weight is 257 g/mol. The number of aromatic nitrogens is 3. The van der Waals surface area contributed by atoms with E-state index < -0.39 is 0 Å². The van der Waals surface area contributed by atoms with Crippen molar-refractivity contribution < 1.29 is 4.79 Å². The highest BCUT2D eigenvalue weighted by atomic mass is 16.2. The molecule has 1 atom stereocenters. The van der Waals surface area contributed by atoms with Gasteiger partial charge in [0.1, 0.15) is 6.33 Å². The predicted octanol–water partition coefficient (Wildman–Crippen LogP) is 1.28. The Labute approximate surface area is 111 Å². The van der Waals surface area contributed by atoms with Gasteiger partial charge in [-0.2, -0.15) is 10.1 Å². The summed E-state index contributed by atoms with van der Waals surface area (Å²) in [4.78, 5) is 17.8. The highest BCUT2D eigenvalue weighted by Crippen LogP contribution is 2.29. The van der Waals surface area contributed by atoms with Crippen LogP contribution in [0.2, 0.25) is 0 Å². The van der Waals surface area contributed by atoms with Crippen LogP contribution in [0.1, 0.15) is 18.0 Å². The first-order valence-electron chi connectivity index (χ1n) is 6.12. The topological polar surface area (TPSA) is 63.1 Å². The molecule has 0 fully saturated rings. The van der Waals surface area contributed by atoms with E-state index >= 15 is 0 Å². The van der Waals surface area contributed by atoms with Gasteiger partial charge in [0.25, 0.3) is 0 Å². The zero-order valence-electron chi connectivity index (χ0n) is 10.9. The lowest BCUT2D eigenvalue weighted by Gasteiger charge is -2.24. The second kappa shape index (κ2) is 4.38. The van der Waals surface area contributed by atoms with Gasteiger partial charge in [-0.25, -0.2) is 4.68 Å². The lowest BCUT2D eigenvalue weighted by molar-refractivity contribution is -0.117. The van der Waals surface area contributed by atoms with Crippen molar-refractivity contribution in [1.29, 1.82) is 0 Å². The number of hydrogen-bond donors (Lipinski definition) is 1. The van der Waals surface area contributed by atoms with Gasteiger partial charge in [0.2, 0.25) is 11.9 Å².